The van der Waals surface area contributed by atoms with E-state index in [0.717, 1.165) is 21.8 Å². The van der Waals surface area contributed by atoms with Crippen LogP contribution in [0.5, 0.6) is 0 Å². The van der Waals surface area contributed by atoms with Crippen molar-refractivity contribution < 1.29 is 20.4 Å². The van der Waals surface area contributed by atoms with E-state index in [0.29, 0.717) is 11.4 Å². The summed E-state index contributed by atoms with van der Waals surface area (Å²) in [6.07, 6.45) is 0. The summed E-state index contributed by atoms with van der Waals surface area (Å²) in [5, 5.41) is 43.9. The molecule has 0 aliphatic carbocycles. The van der Waals surface area contributed by atoms with Crippen LogP contribution in [0.15, 0.2) is 60.7 Å². The van der Waals surface area contributed by atoms with Crippen molar-refractivity contribution in [3.8, 4) is 0 Å². The molecule has 6 N–H and O–H groups in total. The highest BCUT2D eigenvalue weighted by Crippen LogP contribution is 2.45. The molecule has 6 heteroatoms. The van der Waals surface area contributed by atoms with Crippen LogP contribution in [-0.2, 0) is 5.60 Å². The summed E-state index contributed by atoms with van der Waals surface area (Å²) in [4.78, 5) is 6.37. The van der Waals surface area contributed by atoms with Gasteiger partial charge in [0.15, 0.2) is 5.60 Å². The maximum absolute atomic E-state index is 11.9. The van der Waals surface area contributed by atoms with Gasteiger partial charge >= 0.3 is 0 Å². The highest BCUT2D eigenvalue weighted by molar-refractivity contribution is 5.82. The van der Waals surface area contributed by atoms with Crippen LogP contribution in [0.25, 0.3) is 21.8 Å². The summed E-state index contributed by atoms with van der Waals surface area (Å²) >= 11 is 0. The first-order valence-electron chi connectivity index (χ1n) is 8.79. The molecule has 2 aromatic heterocycles. The molecule has 4 aromatic rings. The van der Waals surface area contributed by atoms with Gasteiger partial charge in [0.05, 0.1) is 36.6 Å². The van der Waals surface area contributed by atoms with Crippen molar-refractivity contribution in [1.82, 2.24) is 9.97 Å². The molecule has 0 aliphatic rings. The van der Waals surface area contributed by atoms with Gasteiger partial charge in [0.2, 0.25) is 0 Å². The van der Waals surface area contributed by atoms with Crippen LogP contribution >= 0.6 is 0 Å². The Morgan fingerprint density at radius 1 is 0.667 bits per heavy atom. The number of fused-ring (bicyclic) bond motifs is 2. The van der Waals surface area contributed by atoms with E-state index in [1.807, 2.05) is 48.5 Å². The summed E-state index contributed by atoms with van der Waals surface area (Å²) in [6, 6.07) is 18.6. The van der Waals surface area contributed by atoms with Gasteiger partial charge in [-0.3, -0.25) is 0 Å². The Balaban J connectivity index is 2.02. The molecule has 0 bridgehead atoms. The van der Waals surface area contributed by atoms with Crippen LogP contribution in [0.3, 0.4) is 0 Å². The first-order chi connectivity index (χ1) is 13.1. The number of hydrogen-bond acceptors (Lipinski definition) is 4. The number of aromatic amines is 2. The highest BCUT2D eigenvalue weighted by atomic mass is 16.3. The lowest BCUT2D eigenvalue weighted by molar-refractivity contribution is -0.139. The van der Waals surface area contributed by atoms with Crippen molar-refractivity contribution in [3.05, 3.63) is 72.1 Å². The minimum atomic E-state index is -1.87. The lowest BCUT2D eigenvalue weighted by Crippen LogP contribution is -2.54. The molecule has 2 heterocycles. The Hall–Kier alpha value is -2.64. The SMILES string of the molecule is OCC(CO)(CO)C(O)(c1cc2ccccc2[nH]1)c1cc2ccccc2[nH]1. The number of nitrogens with one attached hydrogen (secondary N) is 2. The van der Waals surface area contributed by atoms with Crippen molar-refractivity contribution in [2.45, 2.75) is 5.60 Å². The number of aliphatic hydroxyl groups is 4. The van der Waals surface area contributed by atoms with Crippen LogP contribution in [-0.4, -0.2) is 50.2 Å². The minimum Gasteiger partial charge on any atom is -0.395 e. The summed E-state index contributed by atoms with van der Waals surface area (Å²) in [5.74, 6) is 0. The maximum atomic E-state index is 11.9. The van der Waals surface area contributed by atoms with E-state index >= 15 is 0 Å². The third kappa shape index (κ3) is 2.49. The van der Waals surface area contributed by atoms with Gasteiger partial charge < -0.3 is 30.4 Å². The fourth-order valence-electron chi connectivity index (χ4n) is 3.75. The largest absolute Gasteiger partial charge is 0.395 e. The second-order valence-electron chi connectivity index (χ2n) is 7.01. The van der Waals surface area contributed by atoms with Gasteiger partial charge in [-0.15, -0.1) is 0 Å². The van der Waals surface area contributed by atoms with E-state index in [9.17, 15) is 20.4 Å². The van der Waals surface area contributed by atoms with E-state index in [1.165, 1.54) is 0 Å². The van der Waals surface area contributed by atoms with Crippen LogP contribution < -0.4 is 0 Å². The van der Waals surface area contributed by atoms with Crippen molar-refractivity contribution >= 4 is 21.8 Å². The fraction of sp³-hybridized carbons (Fsp3) is 0.238. The summed E-state index contributed by atoms with van der Waals surface area (Å²) < 4.78 is 0. The van der Waals surface area contributed by atoms with Crippen molar-refractivity contribution in [2.24, 2.45) is 5.41 Å². The smallest absolute Gasteiger partial charge is 0.156 e. The predicted molar refractivity (Wildman–Crippen MR) is 103 cm³/mol. The molecule has 0 unspecified atom stereocenters. The second kappa shape index (κ2) is 6.51. The Bertz CT molecular complexity index is 930. The van der Waals surface area contributed by atoms with E-state index < -0.39 is 30.8 Å². The van der Waals surface area contributed by atoms with Crippen LogP contribution in [0.1, 0.15) is 11.4 Å². The van der Waals surface area contributed by atoms with Gasteiger partial charge in [-0.25, -0.2) is 0 Å². The number of aromatic nitrogens is 2. The number of H-pyrrole nitrogens is 2. The molecule has 27 heavy (non-hydrogen) atoms. The van der Waals surface area contributed by atoms with E-state index in [2.05, 4.69) is 9.97 Å². The molecule has 0 aliphatic heterocycles. The van der Waals surface area contributed by atoms with Gasteiger partial charge in [-0.1, -0.05) is 36.4 Å². The Morgan fingerprint density at radius 3 is 1.44 bits per heavy atom. The first-order valence-corrected chi connectivity index (χ1v) is 8.79. The lowest BCUT2D eigenvalue weighted by atomic mass is 9.69. The summed E-state index contributed by atoms with van der Waals surface area (Å²) in [6.45, 7) is -1.83. The molecule has 2 aromatic carbocycles. The van der Waals surface area contributed by atoms with E-state index in [4.69, 9.17) is 0 Å². The average Bonchev–Trinajstić information content (AvgIpc) is 3.34. The molecule has 0 fully saturated rings. The van der Waals surface area contributed by atoms with Gasteiger partial charge in [0, 0.05) is 11.0 Å². The molecule has 0 spiro atoms. The lowest BCUT2D eigenvalue weighted by Gasteiger charge is -2.43. The van der Waals surface area contributed by atoms with Gasteiger partial charge in [-0.05, 0) is 35.0 Å². The van der Waals surface area contributed by atoms with Crippen LogP contribution in [0.2, 0.25) is 0 Å². The van der Waals surface area contributed by atoms with E-state index in [-0.39, 0.29) is 0 Å². The zero-order valence-corrected chi connectivity index (χ0v) is 14.7. The monoisotopic (exact) mass is 366 g/mol. The molecule has 4 rings (SSSR count). The first kappa shape index (κ1) is 17.8. The zero-order valence-electron chi connectivity index (χ0n) is 14.7. The van der Waals surface area contributed by atoms with Gasteiger partial charge in [0.1, 0.15) is 0 Å². The molecule has 0 radical (unpaired) electrons. The van der Waals surface area contributed by atoms with Crippen LogP contribution in [0, 0.1) is 5.41 Å². The Morgan fingerprint density at radius 2 is 1.07 bits per heavy atom. The molecule has 0 atom stereocenters. The van der Waals surface area contributed by atoms with Gasteiger partial charge in [-0.2, -0.15) is 0 Å². The normalized spacial score (nSPS) is 12.9. The molecule has 0 saturated heterocycles. The van der Waals surface area contributed by atoms with Crippen LogP contribution in [0.4, 0.5) is 0 Å². The summed E-state index contributed by atoms with van der Waals surface area (Å²) in [5.41, 5.74) is -1.09. The van der Waals surface area contributed by atoms with Crippen molar-refractivity contribution in [3.63, 3.8) is 0 Å². The second-order valence-corrected chi connectivity index (χ2v) is 7.01. The zero-order chi connectivity index (χ0) is 19.1. The molecule has 6 nitrogen and oxygen atoms in total. The third-order valence-corrected chi connectivity index (χ3v) is 5.52. The predicted octanol–water partition coefficient (Wildman–Crippen LogP) is 1.85. The number of benzene rings is 2. The van der Waals surface area contributed by atoms with Crippen molar-refractivity contribution in [2.75, 3.05) is 19.8 Å². The van der Waals surface area contributed by atoms with E-state index in [1.54, 1.807) is 12.1 Å². The van der Waals surface area contributed by atoms with Gasteiger partial charge in [0.25, 0.3) is 0 Å². The highest BCUT2D eigenvalue weighted by Gasteiger charge is 2.54. The number of hydrogen-bond donors (Lipinski definition) is 6. The standard InChI is InChI=1S/C21H22N2O4/c24-11-20(12-25,13-26)21(27,18-9-14-5-1-3-7-16(14)22-18)19-10-15-6-2-4-8-17(15)23-19/h1-10,22-27H,11-13H2. The number of para-hydroxylation sites is 2. The number of rotatable bonds is 6. The molecule has 140 valence electrons. The molecule has 0 amide bonds. The van der Waals surface area contributed by atoms with Crippen molar-refractivity contribution in [1.29, 1.82) is 0 Å². The number of aliphatic hydroxyl groups excluding tert-OH is 3. The maximum Gasteiger partial charge on any atom is 0.156 e. The Kier molecular flexibility index (Phi) is 4.28. The quantitative estimate of drug-likeness (QED) is 0.313. The molecular formula is C21H22N2O4. The molecular weight excluding hydrogens is 344 g/mol. The Labute approximate surface area is 155 Å². The fourth-order valence-corrected chi connectivity index (χ4v) is 3.75. The summed E-state index contributed by atoms with van der Waals surface area (Å²) in [7, 11) is 0. The average molecular weight is 366 g/mol. The topological polar surface area (TPSA) is 112 Å². The molecule has 0 saturated carbocycles. The minimum absolute atomic E-state index is 0.382. The third-order valence-electron chi connectivity index (χ3n) is 5.52.